The summed E-state index contributed by atoms with van der Waals surface area (Å²) in [6.07, 6.45) is 5.29. The number of rotatable bonds is 1. The summed E-state index contributed by atoms with van der Waals surface area (Å²) < 4.78 is 0. The third-order valence-electron chi connectivity index (χ3n) is 2.70. The Balaban J connectivity index is 2.06. The van der Waals surface area contributed by atoms with Crippen LogP contribution in [0.3, 0.4) is 0 Å². The van der Waals surface area contributed by atoms with Gasteiger partial charge in [0.1, 0.15) is 6.17 Å². The molecule has 5 heteroatoms. The summed E-state index contributed by atoms with van der Waals surface area (Å²) >= 11 is 0. The standard InChI is InChI=1S/C12H19N5/c1-8-6-5-7-10(8)15-11-13-9(2)14-12(16-11)17(3)4/h6-7,9H,5H2,1-4H3,(H2,13,14,15,16). The lowest BCUT2D eigenvalue weighted by molar-refractivity contribution is 0.579. The average Bonchev–Trinajstić information content (AvgIpc) is 2.63. The van der Waals surface area contributed by atoms with E-state index in [4.69, 9.17) is 0 Å². The van der Waals surface area contributed by atoms with E-state index in [1.54, 1.807) is 0 Å². The van der Waals surface area contributed by atoms with Gasteiger partial charge in [-0.2, -0.15) is 0 Å². The van der Waals surface area contributed by atoms with Crippen molar-refractivity contribution in [2.75, 3.05) is 14.1 Å². The fourth-order valence-corrected chi connectivity index (χ4v) is 1.76. The van der Waals surface area contributed by atoms with Crippen LogP contribution >= 0.6 is 0 Å². The van der Waals surface area contributed by atoms with E-state index in [0.717, 1.165) is 24.0 Å². The highest BCUT2D eigenvalue weighted by molar-refractivity contribution is 6.00. The Kier molecular flexibility index (Phi) is 3.17. The van der Waals surface area contributed by atoms with E-state index in [1.807, 2.05) is 25.9 Å². The van der Waals surface area contributed by atoms with Crippen molar-refractivity contribution in [1.82, 2.24) is 15.5 Å². The van der Waals surface area contributed by atoms with E-state index >= 15 is 0 Å². The van der Waals surface area contributed by atoms with Crippen LogP contribution in [-0.2, 0) is 0 Å². The van der Waals surface area contributed by atoms with Gasteiger partial charge in [-0.1, -0.05) is 12.2 Å². The first-order valence-corrected chi connectivity index (χ1v) is 5.80. The molecule has 0 aromatic heterocycles. The van der Waals surface area contributed by atoms with Gasteiger partial charge < -0.3 is 10.2 Å². The van der Waals surface area contributed by atoms with Gasteiger partial charge in [0.25, 0.3) is 0 Å². The lowest BCUT2D eigenvalue weighted by atomic mass is 10.3. The van der Waals surface area contributed by atoms with Crippen molar-refractivity contribution in [3.8, 4) is 0 Å². The van der Waals surface area contributed by atoms with Crippen molar-refractivity contribution in [1.29, 1.82) is 0 Å². The van der Waals surface area contributed by atoms with Gasteiger partial charge >= 0.3 is 0 Å². The van der Waals surface area contributed by atoms with Crippen LogP contribution in [0.25, 0.3) is 0 Å². The smallest absolute Gasteiger partial charge is 0.204 e. The van der Waals surface area contributed by atoms with E-state index in [1.165, 1.54) is 5.57 Å². The number of allylic oxidation sites excluding steroid dienone is 3. The summed E-state index contributed by atoms with van der Waals surface area (Å²) in [5.41, 5.74) is 2.39. The second kappa shape index (κ2) is 4.61. The SMILES string of the molecule is CC1=CCC=C1NC1=NC(C)N=C(N(C)C)N1. The number of hydrogen-bond acceptors (Lipinski definition) is 5. The van der Waals surface area contributed by atoms with Crippen molar-refractivity contribution in [3.05, 3.63) is 23.4 Å². The van der Waals surface area contributed by atoms with Crippen LogP contribution in [0.1, 0.15) is 20.3 Å². The molecule has 0 aromatic carbocycles. The molecular formula is C12H19N5. The highest BCUT2D eigenvalue weighted by atomic mass is 15.4. The molecule has 2 N–H and O–H groups in total. The monoisotopic (exact) mass is 233 g/mol. The van der Waals surface area contributed by atoms with Gasteiger partial charge in [-0.05, 0) is 25.8 Å². The van der Waals surface area contributed by atoms with Crippen molar-refractivity contribution in [2.45, 2.75) is 26.4 Å². The predicted octanol–water partition coefficient (Wildman–Crippen LogP) is 1.03. The second-order valence-corrected chi connectivity index (χ2v) is 4.45. The van der Waals surface area contributed by atoms with Gasteiger partial charge in [0, 0.05) is 19.8 Å². The molecule has 92 valence electrons. The van der Waals surface area contributed by atoms with Crippen molar-refractivity contribution in [2.24, 2.45) is 9.98 Å². The van der Waals surface area contributed by atoms with Gasteiger partial charge in [-0.3, -0.25) is 5.32 Å². The lowest BCUT2D eigenvalue weighted by Gasteiger charge is -2.24. The van der Waals surface area contributed by atoms with Crippen LogP contribution in [0.15, 0.2) is 33.4 Å². The molecule has 0 saturated heterocycles. The van der Waals surface area contributed by atoms with Crippen LogP contribution in [0.5, 0.6) is 0 Å². The number of aliphatic imine (C=N–C) groups is 2. The molecule has 1 heterocycles. The van der Waals surface area contributed by atoms with Crippen LogP contribution in [-0.4, -0.2) is 37.1 Å². The zero-order valence-electron chi connectivity index (χ0n) is 10.8. The minimum absolute atomic E-state index is 0.0533. The number of nitrogens with zero attached hydrogens (tertiary/aromatic N) is 3. The third-order valence-corrected chi connectivity index (χ3v) is 2.70. The van der Waals surface area contributed by atoms with Gasteiger partial charge in [0.2, 0.25) is 11.9 Å². The Morgan fingerprint density at radius 3 is 2.71 bits per heavy atom. The molecule has 0 spiro atoms. The van der Waals surface area contributed by atoms with E-state index in [0.29, 0.717) is 0 Å². The highest BCUT2D eigenvalue weighted by Gasteiger charge is 2.16. The van der Waals surface area contributed by atoms with Crippen LogP contribution in [0.2, 0.25) is 0 Å². The summed E-state index contributed by atoms with van der Waals surface area (Å²) in [6, 6.07) is 0. The minimum atomic E-state index is -0.0533. The molecule has 1 unspecified atom stereocenters. The van der Waals surface area contributed by atoms with E-state index < -0.39 is 0 Å². The molecule has 2 aliphatic rings. The molecule has 2 rings (SSSR count). The Labute approximate surface area is 102 Å². The van der Waals surface area contributed by atoms with Gasteiger partial charge in [-0.15, -0.1) is 0 Å². The summed E-state index contributed by atoms with van der Waals surface area (Å²) in [5.74, 6) is 1.59. The Morgan fingerprint density at radius 2 is 2.12 bits per heavy atom. The quantitative estimate of drug-likeness (QED) is 0.711. The molecule has 1 aliphatic heterocycles. The van der Waals surface area contributed by atoms with E-state index in [2.05, 4.69) is 39.7 Å². The molecule has 0 amide bonds. The maximum absolute atomic E-state index is 4.42. The van der Waals surface area contributed by atoms with Crippen LogP contribution in [0.4, 0.5) is 0 Å². The molecule has 0 fully saturated rings. The molecule has 17 heavy (non-hydrogen) atoms. The molecule has 0 radical (unpaired) electrons. The van der Waals surface area contributed by atoms with Crippen molar-refractivity contribution >= 4 is 11.9 Å². The topological polar surface area (TPSA) is 52.0 Å². The average molecular weight is 233 g/mol. The Morgan fingerprint density at radius 1 is 1.35 bits per heavy atom. The largest absolute Gasteiger partial charge is 0.349 e. The molecular weight excluding hydrogens is 214 g/mol. The van der Waals surface area contributed by atoms with Gasteiger partial charge in [0.15, 0.2) is 0 Å². The Bertz CT molecular complexity index is 428. The lowest BCUT2D eigenvalue weighted by Crippen LogP contribution is -2.49. The first-order valence-electron chi connectivity index (χ1n) is 5.80. The number of guanidine groups is 2. The second-order valence-electron chi connectivity index (χ2n) is 4.45. The first-order chi connectivity index (χ1) is 8.06. The molecule has 1 aliphatic carbocycles. The molecule has 1 atom stereocenters. The maximum atomic E-state index is 4.42. The van der Waals surface area contributed by atoms with Gasteiger partial charge in [-0.25, -0.2) is 9.98 Å². The molecule has 5 nitrogen and oxygen atoms in total. The third kappa shape index (κ3) is 2.67. The summed E-state index contributed by atoms with van der Waals surface area (Å²) in [7, 11) is 3.92. The molecule has 0 bridgehead atoms. The van der Waals surface area contributed by atoms with Crippen molar-refractivity contribution < 1.29 is 0 Å². The molecule has 0 saturated carbocycles. The normalized spacial score (nSPS) is 23.2. The van der Waals surface area contributed by atoms with Crippen LogP contribution < -0.4 is 10.6 Å². The fraction of sp³-hybridized carbons (Fsp3) is 0.500. The summed E-state index contributed by atoms with van der Waals surface area (Å²) in [5, 5.41) is 6.48. The Hall–Kier alpha value is -1.78. The van der Waals surface area contributed by atoms with Gasteiger partial charge in [0.05, 0.1) is 0 Å². The first kappa shape index (κ1) is 11.7. The predicted molar refractivity (Wildman–Crippen MR) is 70.7 cm³/mol. The maximum Gasteiger partial charge on any atom is 0.204 e. The fourth-order valence-electron chi connectivity index (χ4n) is 1.76. The van der Waals surface area contributed by atoms with Crippen molar-refractivity contribution in [3.63, 3.8) is 0 Å². The van der Waals surface area contributed by atoms with Crippen LogP contribution in [0, 0.1) is 0 Å². The van der Waals surface area contributed by atoms with E-state index in [9.17, 15) is 0 Å². The minimum Gasteiger partial charge on any atom is -0.349 e. The highest BCUT2D eigenvalue weighted by Crippen LogP contribution is 2.15. The number of hydrogen-bond donors (Lipinski definition) is 2. The number of nitrogens with one attached hydrogen (secondary N) is 2. The zero-order chi connectivity index (χ0) is 12.4. The summed E-state index contributed by atoms with van der Waals surface area (Å²) in [4.78, 5) is 10.8. The summed E-state index contributed by atoms with van der Waals surface area (Å²) in [6.45, 7) is 4.07. The molecule has 0 aromatic rings. The van der Waals surface area contributed by atoms with E-state index in [-0.39, 0.29) is 6.17 Å². The zero-order valence-corrected chi connectivity index (χ0v) is 10.8.